The molecule has 54 valence electrons. The molecule has 3 N–H and O–H groups in total. The fourth-order valence-electron chi connectivity index (χ4n) is 0.0913. The lowest BCUT2D eigenvalue weighted by molar-refractivity contribution is 0.205. The van der Waals surface area contributed by atoms with Crippen molar-refractivity contribution in [3.63, 3.8) is 0 Å². The summed E-state index contributed by atoms with van der Waals surface area (Å²) in [6.07, 6.45) is -0.469. The Morgan fingerprint density at radius 2 is 2.11 bits per heavy atom. The molecule has 0 rings (SSSR count). The maximum Gasteiger partial charge on any atom is 0.402 e. The van der Waals surface area contributed by atoms with E-state index in [0.717, 1.165) is 6.42 Å². The van der Waals surface area contributed by atoms with Gasteiger partial charge in [0.1, 0.15) is 0 Å². The maximum atomic E-state index is 9.15. The van der Waals surface area contributed by atoms with Crippen molar-refractivity contribution in [3.05, 3.63) is 4.91 Å². The maximum absolute atomic E-state index is 9.15. The van der Waals surface area contributed by atoms with Gasteiger partial charge in [-0.25, -0.2) is 4.79 Å². The molecule has 0 atom stereocenters. The highest BCUT2D eigenvalue weighted by molar-refractivity contribution is 5.61. The third-order valence-electron chi connectivity index (χ3n) is 0.315. The van der Waals surface area contributed by atoms with Crippen LogP contribution in [-0.2, 0) is 0 Å². The molecule has 0 unspecified atom stereocenters. The molecule has 5 heteroatoms. The van der Waals surface area contributed by atoms with Gasteiger partial charge in [0.2, 0.25) is 0 Å². The van der Waals surface area contributed by atoms with Gasteiger partial charge in [-0.05, 0) is 6.42 Å². The van der Waals surface area contributed by atoms with Gasteiger partial charge in [0.15, 0.2) is 0 Å². The van der Waals surface area contributed by atoms with E-state index in [-0.39, 0.29) is 0 Å². The molecule has 1 amide bonds. The molecular weight excluding hydrogens is 124 g/mol. The Morgan fingerprint density at radius 1 is 1.78 bits per heavy atom. The van der Waals surface area contributed by atoms with E-state index in [2.05, 4.69) is 10.9 Å². The normalized spacial score (nSPS) is 6.78. The monoisotopic (exact) mass is 134 g/mol. The number of carboxylic acid groups (broad SMARTS) is 1. The molecule has 0 aromatic heterocycles. The van der Waals surface area contributed by atoms with E-state index in [1.54, 1.807) is 0 Å². The van der Waals surface area contributed by atoms with Crippen molar-refractivity contribution in [1.29, 1.82) is 0 Å². The molecule has 0 spiro atoms. The lowest BCUT2D eigenvalue weighted by atomic mass is 10.5. The Balaban J connectivity index is 0. The number of nitrogens with two attached hydrogens (primary N) is 1. The zero-order chi connectivity index (χ0) is 7.70. The first-order valence-electron chi connectivity index (χ1n) is 2.42. The highest BCUT2D eigenvalue weighted by atomic mass is 16.4. The predicted octanol–water partition coefficient (Wildman–Crippen LogP) is 0.786. The standard InChI is InChI=1S/C3H7NO.CH3NO2/c1-2-3-4-5;2-1(3)4/h2-3H2,1H3;2H2,(H,3,4). The number of hydrogen-bond acceptors (Lipinski definition) is 3. The molecule has 0 heterocycles. The summed E-state index contributed by atoms with van der Waals surface area (Å²) in [5.74, 6) is 0. The van der Waals surface area contributed by atoms with E-state index in [9.17, 15) is 0 Å². The summed E-state index contributed by atoms with van der Waals surface area (Å²) in [5.41, 5.74) is 4.03. The van der Waals surface area contributed by atoms with Crippen LogP contribution >= 0.6 is 0 Å². The van der Waals surface area contributed by atoms with Crippen LogP contribution in [0, 0.1) is 4.91 Å². The average molecular weight is 134 g/mol. The molecule has 0 saturated carbocycles. The van der Waals surface area contributed by atoms with Gasteiger partial charge in [0, 0.05) is 0 Å². The fourth-order valence-corrected chi connectivity index (χ4v) is 0.0913. The number of hydrogen-bond donors (Lipinski definition) is 2. The summed E-state index contributed by atoms with van der Waals surface area (Å²) in [6, 6.07) is 0. The summed E-state index contributed by atoms with van der Waals surface area (Å²) >= 11 is 0. The van der Waals surface area contributed by atoms with Crippen LogP contribution in [-0.4, -0.2) is 17.7 Å². The molecule has 0 aliphatic rings. The van der Waals surface area contributed by atoms with E-state index in [0.29, 0.717) is 6.54 Å². The Bertz CT molecular complexity index is 79.9. The predicted molar refractivity (Wildman–Crippen MR) is 33.2 cm³/mol. The van der Waals surface area contributed by atoms with E-state index in [1.807, 2.05) is 6.92 Å². The molecule has 0 aliphatic carbocycles. The van der Waals surface area contributed by atoms with Crippen molar-refractivity contribution in [1.82, 2.24) is 0 Å². The number of carbonyl (C=O) groups is 1. The van der Waals surface area contributed by atoms with Gasteiger partial charge in [0.05, 0.1) is 6.54 Å². The molecular formula is C4H10N2O3. The van der Waals surface area contributed by atoms with Crippen LogP contribution in [0.2, 0.25) is 0 Å². The summed E-state index contributed by atoms with van der Waals surface area (Å²) in [7, 11) is 0. The first kappa shape index (κ1) is 10.8. The van der Waals surface area contributed by atoms with E-state index in [1.165, 1.54) is 0 Å². The minimum absolute atomic E-state index is 0.458. The third kappa shape index (κ3) is 215. The molecule has 0 radical (unpaired) electrons. The van der Waals surface area contributed by atoms with Crippen LogP contribution in [0.3, 0.4) is 0 Å². The molecule has 0 fully saturated rings. The van der Waals surface area contributed by atoms with Gasteiger partial charge < -0.3 is 10.8 Å². The van der Waals surface area contributed by atoms with Gasteiger partial charge in [-0.1, -0.05) is 12.1 Å². The first-order valence-corrected chi connectivity index (χ1v) is 2.42. The van der Waals surface area contributed by atoms with Crippen molar-refractivity contribution < 1.29 is 9.90 Å². The summed E-state index contributed by atoms with van der Waals surface area (Å²) in [5, 5.41) is 9.80. The third-order valence-corrected chi connectivity index (χ3v) is 0.315. The fraction of sp³-hybridized carbons (Fsp3) is 0.750. The average Bonchev–Trinajstić information content (AvgIpc) is 1.66. The van der Waals surface area contributed by atoms with E-state index >= 15 is 0 Å². The van der Waals surface area contributed by atoms with E-state index < -0.39 is 6.09 Å². The first-order chi connectivity index (χ1) is 4.15. The molecule has 0 aromatic carbocycles. The second-order valence-electron chi connectivity index (χ2n) is 1.19. The second-order valence-corrected chi connectivity index (χ2v) is 1.19. The molecule has 0 aliphatic heterocycles. The largest absolute Gasteiger partial charge is 0.465 e. The van der Waals surface area contributed by atoms with Crippen LogP contribution < -0.4 is 5.73 Å². The van der Waals surface area contributed by atoms with Crippen LogP contribution in [0.25, 0.3) is 0 Å². The second kappa shape index (κ2) is 9.98. The molecule has 0 saturated heterocycles. The minimum Gasteiger partial charge on any atom is -0.465 e. The van der Waals surface area contributed by atoms with E-state index in [4.69, 9.17) is 14.8 Å². The van der Waals surface area contributed by atoms with Gasteiger partial charge in [-0.2, -0.15) is 4.91 Å². The molecule has 9 heavy (non-hydrogen) atoms. The lowest BCUT2D eigenvalue weighted by Crippen LogP contribution is -2.03. The van der Waals surface area contributed by atoms with Crippen molar-refractivity contribution in [2.24, 2.45) is 10.9 Å². The minimum atomic E-state index is -1.33. The quantitative estimate of drug-likeness (QED) is 0.546. The Hall–Kier alpha value is -1.13. The summed E-state index contributed by atoms with van der Waals surface area (Å²) in [6.45, 7) is 2.38. The molecule has 0 bridgehead atoms. The van der Waals surface area contributed by atoms with Gasteiger partial charge >= 0.3 is 6.09 Å². The highest BCUT2D eigenvalue weighted by Gasteiger charge is 1.67. The zero-order valence-corrected chi connectivity index (χ0v) is 5.20. The van der Waals surface area contributed by atoms with Gasteiger partial charge in [-0.15, -0.1) is 0 Å². The zero-order valence-electron chi connectivity index (χ0n) is 5.20. The van der Waals surface area contributed by atoms with Crippen LogP contribution in [0.5, 0.6) is 0 Å². The van der Waals surface area contributed by atoms with Gasteiger partial charge in [0.25, 0.3) is 0 Å². The lowest BCUT2D eigenvalue weighted by Gasteiger charge is -1.68. The molecule has 5 nitrogen and oxygen atoms in total. The van der Waals surface area contributed by atoms with Crippen molar-refractivity contribution in [2.75, 3.05) is 6.54 Å². The Kier molecular flexibility index (Phi) is 12.0. The van der Waals surface area contributed by atoms with Crippen molar-refractivity contribution >= 4 is 6.09 Å². The summed E-state index contributed by atoms with van der Waals surface area (Å²) in [4.78, 5) is 17.9. The van der Waals surface area contributed by atoms with Crippen molar-refractivity contribution in [2.45, 2.75) is 13.3 Å². The molecule has 0 aromatic rings. The summed E-state index contributed by atoms with van der Waals surface area (Å²) < 4.78 is 0. The van der Waals surface area contributed by atoms with Crippen LogP contribution in [0.4, 0.5) is 4.79 Å². The Morgan fingerprint density at radius 3 is 2.11 bits per heavy atom. The number of rotatable bonds is 2. The van der Waals surface area contributed by atoms with Crippen LogP contribution in [0.15, 0.2) is 5.18 Å². The van der Waals surface area contributed by atoms with Gasteiger partial charge in [-0.3, -0.25) is 0 Å². The van der Waals surface area contributed by atoms with Crippen LogP contribution in [0.1, 0.15) is 13.3 Å². The number of primary amides is 1. The highest BCUT2D eigenvalue weighted by Crippen LogP contribution is 1.71. The topological polar surface area (TPSA) is 92.8 Å². The smallest absolute Gasteiger partial charge is 0.402 e. The number of nitrogens with zero attached hydrogens (tertiary/aromatic N) is 1. The SMILES string of the molecule is CCCN=O.NC(=O)O. The number of nitroso groups, excluding NO2 is 1. The van der Waals surface area contributed by atoms with Crippen molar-refractivity contribution in [3.8, 4) is 0 Å². The Labute approximate surface area is 52.8 Å². The number of amides is 1.